The lowest BCUT2D eigenvalue weighted by molar-refractivity contribution is 0.222. The molecule has 1 aromatic carbocycles. The Balaban J connectivity index is 1.80. The number of aliphatic imine (C=N–C) groups is 1. The second kappa shape index (κ2) is 8.01. The van der Waals surface area contributed by atoms with Crippen molar-refractivity contribution in [3.8, 4) is 5.75 Å². The third-order valence-electron chi connectivity index (χ3n) is 3.52. The topological polar surface area (TPSA) is 79.8 Å². The molecule has 1 aliphatic heterocycles. The quantitative estimate of drug-likeness (QED) is 0.575. The van der Waals surface area contributed by atoms with Crippen LogP contribution in [0, 0.1) is 0 Å². The monoisotopic (exact) mass is 403 g/mol. The van der Waals surface area contributed by atoms with Crippen molar-refractivity contribution in [3.63, 3.8) is 0 Å². The van der Waals surface area contributed by atoms with Crippen molar-refractivity contribution in [3.05, 3.63) is 28.7 Å². The summed E-state index contributed by atoms with van der Waals surface area (Å²) in [5, 5.41) is 6.31. The van der Waals surface area contributed by atoms with Crippen molar-refractivity contribution < 1.29 is 13.2 Å². The average molecular weight is 404 g/mol. The summed E-state index contributed by atoms with van der Waals surface area (Å²) < 4.78 is 29.7. The van der Waals surface area contributed by atoms with E-state index in [1.54, 1.807) is 7.05 Å². The van der Waals surface area contributed by atoms with E-state index in [1.807, 2.05) is 31.2 Å². The maximum atomic E-state index is 11.5. The summed E-state index contributed by atoms with van der Waals surface area (Å²) in [5.41, 5.74) is 0. The van der Waals surface area contributed by atoms with Crippen molar-refractivity contribution >= 4 is 31.7 Å². The van der Waals surface area contributed by atoms with Gasteiger partial charge in [-0.3, -0.25) is 4.99 Å². The van der Waals surface area contributed by atoms with Crippen LogP contribution in [0.5, 0.6) is 5.75 Å². The molecule has 2 rings (SSSR count). The molecule has 6 nitrogen and oxygen atoms in total. The summed E-state index contributed by atoms with van der Waals surface area (Å²) in [5.74, 6) is 1.78. The molecule has 0 saturated carbocycles. The first-order valence-electron chi connectivity index (χ1n) is 7.48. The number of nitrogens with one attached hydrogen (secondary N) is 2. The highest BCUT2D eigenvalue weighted by molar-refractivity contribution is 9.10. The van der Waals surface area contributed by atoms with E-state index in [0.717, 1.165) is 10.2 Å². The summed E-state index contributed by atoms with van der Waals surface area (Å²) in [6.07, 6.45) is 0.547. The third kappa shape index (κ3) is 5.69. The standard InChI is InChI=1S/C15H22BrN3O3S/c1-11(22-14-6-4-3-5-13(14)16)9-18-15(17-2)19-12-7-8-23(20,21)10-12/h3-6,11-12H,7-10H2,1-2H3,(H2,17,18,19). The molecule has 23 heavy (non-hydrogen) atoms. The van der Waals surface area contributed by atoms with Crippen molar-refractivity contribution in [2.24, 2.45) is 4.99 Å². The van der Waals surface area contributed by atoms with Gasteiger partial charge >= 0.3 is 0 Å². The molecule has 8 heteroatoms. The summed E-state index contributed by atoms with van der Waals surface area (Å²) in [7, 11) is -1.24. The lowest BCUT2D eigenvalue weighted by Gasteiger charge is -2.20. The van der Waals surface area contributed by atoms with Crippen LogP contribution in [0.2, 0.25) is 0 Å². The Morgan fingerprint density at radius 2 is 2.22 bits per heavy atom. The van der Waals surface area contributed by atoms with Crippen LogP contribution in [0.1, 0.15) is 13.3 Å². The Bertz CT molecular complexity index is 664. The molecule has 1 aliphatic rings. The zero-order valence-electron chi connectivity index (χ0n) is 13.3. The van der Waals surface area contributed by atoms with Crippen LogP contribution in [0.3, 0.4) is 0 Å². The largest absolute Gasteiger partial charge is 0.488 e. The summed E-state index contributed by atoms with van der Waals surface area (Å²) in [6.45, 7) is 2.51. The molecule has 0 aliphatic carbocycles. The number of ether oxygens (including phenoxy) is 1. The highest BCUT2D eigenvalue weighted by atomic mass is 79.9. The molecular weight excluding hydrogens is 382 g/mol. The number of nitrogens with zero attached hydrogens (tertiary/aromatic N) is 1. The summed E-state index contributed by atoms with van der Waals surface area (Å²) in [6, 6.07) is 7.60. The van der Waals surface area contributed by atoms with E-state index in [2.05, 4.69) is 31.6 Å². The second-order valence-electron chi connectivity index (χ2n) is 5.56. The van der Waals surface area contributed by atoms with Crippen LogP contribution < -0.4 is 15.4 Å². The van der Waals surface area contributed by atoms with Gasteiger partial charge in [-0.25, -0.2) is 8.42 Å². The van der Waals surface area contributed by atoms with Gasteiger partial charge in [-0.15, -0.1) is 0 Å². The van der Waals surface area contributed by atoms with Gasteiger partial charge in [-0.05, 0) is 41.4 Å². The Hall–Kier alpha value is -1.28. The second-order valence-corrected chi connectivity index (χ2v) is 8.64. The number of sulfone groups is 1. The van der Waals surface area contributed by atoms with Crippen molar-refractivity contribution in [1.29, 1.82) is 0 Å². The van der Waals surface area contributed by atoms with E-state index < -0.39 is 9.84 Å². The molecule has 0 amide bonds. The van der Waals surface area contributed by atoms with Gasteiger partial charge in [0.25, 0.3) is 0 Å². The number of hydrogen-bond acceptors (Lipinski definition) is 4. The van der Waals surface area contributed by atoms with E-state index in [0.29, 0.717) is 18.9 Å². The number of benzene rings is 1. The van der Waals surface area contributed by atoms with Gasteiger partial charge in [-0.2, -0.15) is 0 Å². The van der Waals surface area contributed by atoms with Crippen molar-refractivity contribution in [2.45, 2.75) is 25.5 Å². The molecule has 2 unspecified atom stereocenters. The Labute approximate surface area is 145 Å². The predicted molar refractivity (Wildman–Crippen MR) is 95.8 cm³/mol. The van der Waals surface area contributed by atoms with Crippen LogP contribution in [-0.4, -0.2) is 51.6 Å². The Morgan fingerprint density at radius 3 is 2.83 bits per heavy atom. The van der Waals surface area contributed by atoms with Gasteiger partial charge in [0.1, 0.15) is 11.9 Å². The van der Waals surface area contributed by atoms with Gasteiger partial charge in [0.15, 0.2) is 15.8 Å². The minimum atomic E-state index is -2.90. The molecular formula is C15H22BrN3O3S. The van der Waals surface area contributed by atoms with Gasteiger partial charge in [0.05, 0.1) is 22.5 Å². The number of halogens is 1. The van der Waals surface area contributed by atoms with E-state index in [1.165, 1.54) is 0 Å². The van der Waals surface area contributed by atoms with Crippen molar-refractivity contribution in [1.82, 2.24) is 10.6 Å². The highest BCUT2D eigenvalue weighted by Gasteiger charge is 2.28. The average Bonchev–Trinajstić information content (AvgIpc) is 2.85. The number of guanidine groups is 1. The van der Waals surface area contributed by atoms with Gasteiger partial charge in [-0.1, -0.05) is 12.1 Å². The zero-order valence-corrected chi connectivity index (χ0v) is 15.7. The molecule has 2 N–H and O–H groups in total. The molecule has 1 saturated heterocycles. The molecule has 0 radical (unpaired) electrons. The molecule has 0 spiro atoms. The SMILES string of the molecule is CN=C(NCC(C)Oc1ccccc1Br)NC1CCS(=O)(=O)C1. The Kier molecular flexibility index (Phi) is 6.29. The summed E-state index contributed by atoms with van der Waals surface area (Å²) in [4.78, 5) is 4.13. The van der Waals surface area contributed by atoms with E-state index in [9.17, 15) is 8.42 Å². The molecule has 0 bridgehead atoms. The first-order valence-corrected chi connectivity index (χ1v) is 10.1. The zero-order chi connectivity index (χ0) is 16.9. The van der Waals surface area contributed by atoms with E-state index in [4.69, 9.17) is 4.74 Å². The van der Waals surface area contributed by atoms with Gasteiger partial charge in [0, 0.05) is 13.1 Å². The predicted octanol–water partition coefficient (Wildman–Crippen LogP) is 1.57. The van der Waals surface area contributed by atoms with Crippen LogP contribution in [0.4, 0.5) is 0 Å². The lowest BCUT2D eigenvalue weighted by atomic mass is 10.3. The number of rotatable bonds is 5. The molecule has 0 aromatic heterocycles. The fraction of sp³-hybridized carbons (Fsp3) is 0.533. The maximum absolute atomic E-state index is 11.5. The Morgan fingerprint density at radius 1 is 1.48 bits per heavy atom. The first-order chi connectivity index (χ1) is 10.9. The maximum Gasteiger partial charge on any atom is 0.191 e. The van der Waals surface area contributed by atoms with E-state index in [-0.39, 0.29) is 23.7 Å². The van der Waals surface area contributed by atoms with Crippen LogP contribution >= 0.6 is 15.9 Å². The van der Waals surface area contributed by atoms with Gasteiger partial charge < -0.3 is 15.4 Å². The molecule has 128 valence electrons. The van der Waals surface area contributed by atoms with Crippen LogP contribution in [0.25, 0.3) is 0 Å². The fourth-order valence-electron chi connectivity index (χ4n) is 2.34. The normalized spacial score (nSPS) is 21.7. The highest BCUT2D eigenvalue weighted by Crippen LogP contribution is 2.24. The van der Waals surface area contributed by atoms with Crippen LogP contribution in [-0.2, 0) is 9.84 Å². The minimum absolute atomic E-state index is 0.0699. The number of hydrogen-bond donors (Lipinski definition) is 2. The lowest BCUT2D eigenvalue weighted by Crippen LogP contribution is -2.46. The molecule has 2 atom stereocenters. The smallest absolute Gasteiger partial charge is 0.191 e. The van der Waals surface area contributed by atoms with Crippen LogP contribution in [0.15, 0.2) is 33.7 Å². The minimum Gasteiger partial charge on any atom is -0.488 e. The van der Waals surface area contributed by atoms with Gasteiger partial charge in [0.2, 0.25) is 0 Å². The fourth-order valence-corrected chi connectivity index (χ4v) is 4.39. The van der Waals surface area contributed by atoms with E-state index >= 15 is 0 Å². The van der Waals surface area contributed by atoms with Crippen molar-refractivity contribution in [2.75, 3.05) is 25.1 Å². The summed E-state index contributed by atoms with van der Waals surface area (Å²) >= 11 is 3.45. The number of para-hydroxylation sites is 1. The molecule has 1 fully saturated rings. The third-order valence-corrected chi connectivity index (χ3v) is 5.94. The molecule has 1 aromatic rings. The first kappa shape index (κ1) is 18.1. The molecule has 1 heterocycles.